The summed E-state index contributed by atoms with van der Waals surface area (Å²) in [6.45, 7) is 0.311. The largest absolute Gasteiger partial charge is 0.383 e. The molecule has 0 fully saturated rings. The minimum absolute atomic E-state index is 0.0203. The zero-order chi connectivity index (χ0) is 13.8. The van der Waals surface area contributed by atoms with E-state index in [0.29, 0.717) is 12.1 Å². The zero-order valence-corrected chi connectivity index (χ0v) is 12.5. The molecule has 0 saturated heterocycles. The predicted octanol–water partition coefficient (Wildman–Crippen LogP) is 1.62. The van der Waals surface area contributed by atoms with Crippen molar-refractivity contribution < 1.29 is 8.42 Å². The van der Waals surface area contributed by atoms with Crippen LogP contribution >= 0.6 is 15.9 Å². The normalized spacial score (nSPS) is 11.3. The fourth-order valence-electron chi connectivity index (χ4n) is 1.23. The number of nitriles is 1. The third-order valence-electron chi connectivity index (χ3n) is 2.33. The van der Waals surface area contributed by atoms with Crippen molar-refractivity contribution in [3.8, 4) is 6.07 Å². The van der Waals surface area contributed by atoms with Crippen LogP contribution in [0.4, 0.5) is 5.69 Å². The van der Waals surface area contributed by atoms with E-state index in [1.165, 1.54) is 18.4 Å². The molecule has 0 aliphatic heterocycles. The second-order valence-electron chi connectivity index (χ2n) is 3.83. The van der Waals surface area contributed by atoms with Gasteiger partial charge in [-0.25, -0.2) is 12.7 Å². The number of hydrogen-bond acceptors (Lipinski definition) is 4. The number of anilines is 1. The van der Waals surface area contributed by atoms with E-state index in [9.17, 15) is 8.42 Å². The summed E-state index contributed by atoms with van der Waals surface area (Å²) in [6, 6.07) is 7.13. The second kappa shape index (κ2) is 6.18. The van der Waals surface area contributed by atoms with E-state index in [2.05, 4.69) is 21.2 Å². The lowest BCUT2D eigenvalue weighted by molar-refractivity contribution is 0.521. The summed E-state index contributed by atoms with van der Waals surface area (Å²) in [4.78, 5) is 0. The molecule has 0 saturated carbocycles. The Morgan fingerprint density at radius 3 is 2.61 bits per heavy atom. The van der Waals surface area contributed by atoms with Crippen molar-refractivity contribution in [2.24, 2.45) is 0 Å². The number of benzene rings is 1. The van der Waals surface area contributed by atoms with Crippen molar-refractivity contribution >= 4 is 31.6 Å². The average molecular weight is 332 g/mol. The highest BCUT2D eigenvalue weighted by Crippen LogP contribution is 2.23. The molecule has 0 heterocycles. The van der Waals surface area contributed by atoms with Crippen molar-refractivity contribution in [2.75, 3.05) is 31.7 Å². The van der Waals surface area contributed by atoms with Crippen LogP contribution in [0.15, 0.2) is 22.7 Å². The molecule has 0 amide bonds. The molecule has 1 aromatic carbocycles. The van der Waals surface area contributed by atoms with Gasteiger partial charge in [0.05, 0.1) is 17.4 Å². The minimum Gasteiger partial charge on any atom is -0.383 e. The van der Waals surface area contributed by atoms with Gasteiger partial charge in [-0.3, -0.25) is 0 Å². The SMILES string of the molecule is CN(C)S(=O)(=O)CCNc1ccc(C#N)cc1Br. The Labute approximate surface area is 116 Å². The predicted molar refractivity (Wildman–Crippen MR) is 74.8 cm³/mol. The molecule has 1 rings (SSSR count). The summed E-state index contributed by atoms with van der Waals surface area (Å²) < 4.78 is 25.0. The molecule has 7 heteroatoms. The fourth-order valence-corrected chi connectivity index (χ4v) is 2.47. The second-order valence-corrected chi connectivity index (χ2v) is 6.99. The lowest BCUT2D eigenvalue weighted by Gasteiger charge is -2.13. The van der Waals surface area contributed by atoms with Crippen LogP contribution in [0.25, 0.3) is 0 Å². The Balaban J connectivity index is 2.63. The average Bonchev–Trinajstić information content (AvgIpc) is 2.30. The summed E-state index contributed by atoms with van der Waals surface area (Å²) in [5, 5.41) is 11.7. The van der Waals surface area contributed by atoms with Crippen LogP contribution in [0.2, 0.25) is 0 Å². The smallest absolute Gasteiger partial charge is 0.215 e. The van der Waals surface area contributed by atoms with Crippen LogP contribution < -0.4 is 5.32 Å². The molecule has 0 aromatic heterocycles. The van der Waals surface area contributed by atoms with Crippen molar-refractivity contribution in [1.29, 1.82) is 5.26 Å². The highest BCUT2D eigenvalue weighted by Gasteiger charge is 2.12. The van der Waals surface area contributed by atoms with Crippen molar-refractivity contribution in [1.82, 2.24) is 4.31 Å². The van der Waals surface area contributed by atoms with Crippen molar-refractivity contribution in [3.63, 3.8) is 0 Å². The van der Waals surface area contributed by atoms with Gasteiger partial charge in [0.1, 0.15) is 0 Å². The molecule has 0 unspecified atom stereocenters. The standard InChI is InChI=1S/C11H14BrN3O2S/c1-15(2)18(16,17)6-5-14-11-4-3-9(8-13)7-10(11)12/h3-4,7,14H,5-6H2,1-2H3. The van der Waals surface area contributed by atoms with E-state index >= 15 is 0 Å². The minimum atomic E-state index is -3.19. The van der Waals surface area contributed by atoms with E-state index in [-0.39, 0.29) is 5.75 Å². The van der Waals surface area contributed by atoms with Gasteiger partial charge in [0.15, 0.2) is 0 Å². The van der Waals surface area contributed by atoms with E-state index in [4.69, 9.17) is 5.26 Å². The molecule has 0 atom stereocenters. The number of sulfonamides is 1. The highest BCUT2D eigenvalue weighted by atomic mass is 79.9. The Kier molecular flexibility index (Phi) is 5.14. The number of rotatable bonds is 5. The Morgan fingerprint density at radius 1 is 1.44 bits per heavy atom. The molecule has 5 nitrogen and oxygen atoms in total. The summed E-state index contributed by atoms with van der Waals surface area (Å²) >= 11 is 3.32. The Hall–Kier alpha value is -1.10. The third-order valence-corrected chi connectivity index (χ3v) is 4.82. The summed E-state index contributed by atoms with van der Waals surface area (Å²) in [5.41, 5.74) is 1.32. The number of hydrogen-bond donors (Lipinski definition) is 1. The number of nitrogens with zero attached hydrogens (tertiary/aromatic N) is 2. The fraction of sp³-hybridized carbons (Fsp3) is 0.364. The van der Waals surface area contributed by atoms with Gasteiger partial charge in [0.25, 0.3) is 0 Å². The lowest BCUT2D eigenvalue weighted by atomic mass is 10.2. The van der Waals surface area contributed by atoms with Crippen molar-refractivity contribution in [3.05, 3.63) is 28.2 Å². The maximum atomic E-state index is 11.5. The van der Waals surface area contributed by atoms with Gasteiger partial charge in [0, 0.05) is 30.8 Å². The monoisotopic (exact) mass is 331 g/mol. The van der Waals surface area contributed by atoms with E-state index in [0.717, 1.165) is 10.2 Å². The highest BCUT2D eigenvalue weighted by molar-refractivity contribution is 9.10. The molecule has 0 bridgehead atoms. The van der Waals surface area contributed by atoms with Gasteiger partial charge in [0.2, 0.25) is 10.0 Å². The van der Waals surface area contributed by atoms with E-state index in [1.54, 1.807) is 18.2 Å². The van der Waals surface area contributed by atoms with Gasteiger partial charge in [-0.1, -0.05) is 0 Å². The first-order valence-electron chi connectivity index (χ1n) is 5.20. The van der Waals surface area contributed by atoms with Gasteiger partial charge < -0.3 is 5.32 Å². The maximum Gasteiger partial charge on any atom is 0.215 e. The first kappa shape index (κ1) is 15.0. The quantitative estimate of drug-likeness (QED) is 0.889. The third kappa shape index (κ3) is 3.98. The number of nitrogens with one attached hydrogen (secondary N) is 1. The topological polar surface area (TPSA) is 73.2 Å². The van der Waals surface area contributed by atoms with Crippen LogP contribution in [0, 0.1) is 11.3 Å². The van der Waals surface area contributed by atoms with Gasteiger partial charge >= 0.3 is 0 Å². The first-order chi connectivity index (χ1) is 8.36. The molecule has 0 aliphatic rings. The van der Waals surface area contributed by atoms with Gasteiger partial charge in [-0.2, -0.15) is 5.26 Å². The molecular formula is C11H14BrN3O2S. The number of halogens is 1. The summed E-state index contributed by atoms with van der Waals surface area (Å²) in [7, 11) is -0.177. The Morgan fingerprint density at radius 2 is 2.11 bits per heavy atom. The molecule has 1 aromatic rings. The van der Waals surface area contributed by atoms with Crippen LogP contribution in [0.5, 0.6) is 0 Å². The van der Waals surface area contributed by atoms with Crippen LogP contribution in [-0.2, 0) is 10.0 Å². The lowest BCUT2D eigenvalue weighted by Crippen LogP contribution is -2.28. The molecule has 98 valence electrons. The van der Waals surface area contributed by atoms with Crippen LogP contribution in [0.1, 0.15) is 5.56 Å². The van der Waals surface area contributed by atoms with E-state index in [1.807, 2.05) is 6.07 Å². The molecule has 0 radical (unpaired) electrons. The molecular weight excluding hydrogens is 318 g/mol. The van der Waals surface area contributed by atoms with Crippen LogP contribution in [-0.4, -0.2) is 39.1 Å². The summed E-state index contributed by atoms with van der Waals surface area (Å²) in [6.07, 6.45) is 0. The molecule has 0 spiro atoms. The van der Waals surface area contributed by atoms with Crippen molar-refractivity contribution in [2.45, 2.75) is 0 Å². The van der Waals surface area contributed by atoms with Gasteiger partial charge in [-0.05, 0) is 34.1 Å². The summed E-state index contributed by atoms with van der Waals surface area (Å²) in [5.74, 6) is 0.0203. The maximum absolute atomic E-state index is 11.5. The van der Waals surface area contributed by atoms with E-state index < -0.39 is 10.0 Å². The van der Waals surface area contributed by atoms with Crippen LogP contribution in [0.3, 0.4) is 0 Å². The molecule has 0 aliphatic carbocycles. The molecule has 1 N–H and O–H groups in total. The zero-order valence-electron chi connectivity index (χ0n) is 10.1. The van der Waals surface area contributed by atoms with Gasteiger partial charge in [-0.15, -0.1) is 0 Å². The molecule has 18 heavy (non-hydrogen) atoms. The first-order valence-corrected chi connectivity index (χ1v) is 7.61. The Bertz CT molecular complexity index is 564.